The van der Waals surface area contributed by atoms with Crippen LogP contribution in [0.15, 0.2) is 160 Å². The van der Waals surface area contributed by atoms with E-state index in [2.05, 4.69) is 57.9 Å². The first-order valence-corrected chi connectivity index (χ1v) is 17.7. The van der Waals surface area contributed by atoms with Gasteiger partial charge in [0.05, 0.1) is 11.5 Å². The normalized spacial score (nSPS) is 13.8. The zero-order valence-corrected chi connectivity index (χ0v) is 29.6. The Morgan fingerprint density at radius 1 is 0.759 bits per heavy atom. The van der Waals surface area contributed by atoms with Crippen molar-refractivity contribution in [3.05, 3.63) is 185 Å². The molecule has 1 aliphatic heterocycles. The Kier molecular flexibility index (Phi) is 11.8. The van der Waals surface area contributed by atoms with Crippen molar-refractivity contribution in [2.75, 3.05) is 6.61 Å². The standard InChI is InChI=1S/C43H40N6O4.Li.H/c1-3-37(50)39-40(41(51)52)49(38(44-39)29-53-4-2)28-30-24-26-31(27-25-30)35-22-14-15-23-36(35)43(45-47-48-46-43)42(32-16-8-5-9-17-32,33-18-10-6-11-19-33)34-20-12-7-13-21-34;;/h5-27,37,50H,3-4,28-29H2,1-2H3,(H,51,52);;. The van der Waals surface area contributed by atoms with Crippen LogP contribution in [0.5, 0.6) is 0 Å². The van der Waals surface area contributed by atoms with Gasteiger partial charge in [-0.15, -0.1) is 10.2 Å². The van der Waals surface area contributed by atoms with Crippen molar-refractivity contribution in [2.45, 2.75) is 50.6 Å². The van der Waals surface area contributed by atoms with Crippen LogP contribution in [0, 0.1) is 0 Å². The molecule has 11 heteroatoms. The van der Waals surface area contributed by atoms with Crippen LogP contribution in [0.25, 0.3) is 11.1 Å². The fourth-order valence-corrected chi connectivity index (χ4v) is 7.47. The van der Waals surface area contributed by atoms with Crippen LogP contribution in [0.3, 0.4) is 0 Å². The molecule has 0 spiro atoms. The van der Waals surface area contributed by atoms with Crippen LogP contribution in [-0.4, -0.2) is 51.2 Å². The molecule has 6 aromatic rings. The van der Waals surface area contributed by atoms with Gasteiger partial charge in [0, 0.05) is 18.7 Å². The Morgan fingerprint density at radius 2 is 1.28 bits per heavy atom. The molecule has 0 bridgehead atoms. The monoisotopic (exact) mass is 712 g/mol. The van der Waals surface area contributed by atoms with Crippen molar-refractivity contribution in [3.63, 3.8) is 0 Å². The molecule has 1 aliphatic rings. The predicted molar refractivity (Wildman–Crippen MR) is 208 cm³/mol. The van der Waals surface area contributed by atoms with Gasteiger partial charge in [-0.1, -0.05) is 146 Å². The average molecular weight is 713 g/mol. The van der Waals surface area contributed by atoms with Gasteiger partial charge in [0.1, 0.15) is 18.1 Å². The maximum atomic E-state index is 12.5. The molecule has 1 aromatic heterocycles. The molecular weight excluding hydrogens is 671 g/mol. The number of imidazole rings is 1. The van der Waals surface area contributed by atoms with E-state index in [0.29, 0.717) is 18.9 Å². The molecule has 54 heavy (non-hydrogen) atoms. The maximum absolute atomic E-state index is 12.5. The van der Waals surface area contributed by atoms with E-state index in [9.17, 15) is 15.0 Å². The number of carboxylic acid groups (broad SMARTS) is 1. The quantitative estimate of drug-likeness (QED) is 0.0862. The van der Waals surface area contributed by atoms with E-state index >= 15 is 0 Å². The topological polar surface area (TPSA) is 134 Å². The van der Waals surface area contributed by atoms with Gasteiger partial charge >= 0.3 is 24.8 Å². The zero-order chi connectivity index (χ0) is 36.8. The average Bonchev–Trinajstić information content (AvgIpc) is 3.85. The molecular formula is C43H41LiN6O4. The summed E-state index contributed by atoms with van der Waals surface area (Å²) in [5.74, 6) is -0.712. The van der Waals surface area contributed by atoms with Crippen molar-refractivity contribution in [2.24, 2.45) is 20.7 Å². The first-order chi connectivity index (χ1) is 25.9. The van der Waals surface area contributed by atoms with Crippen LogP contribution < -0.4 is 0 Å². The van der Waals surface area contributed by atoms with Crippen LogP contribution in [-0.2, 0) is 29.0 Å². The van der Waals surface area contributed by atoms with Gasteiger partial charge in [-0.3, -0.25) is 0 Å². The van der Waals surface area contributed by atoms with Gasteiger partial charge in [0.25, 0.3) is 0 Å². The molecule has 0 radical (unpaired) electrons. The molecule has 0 aliphatic carbocycles. The van der Waals surface area contributed by atoms with Crippen LogP contribution in [0.2, 0.25) is 0 Å². The van der Waals surface area contributed by atoms with E-state index in [4.69, 9.17) is 15.0 Å². The third kappa shape index (κ3) is 6.74. The van der Waals surface area contributed by atoms with Gasteiger partial charge < -0.3 is 19.5 Å². The van der Waals surface area contributed by atoms with Gasteiger partial charge in [-0.2, -0.15) is 0 Å². The summed E-state index contributed by atoms with van der Waals surface area (Å²) in [7, 11) is 0. The summed E-state index contributed by atoms with van der Waals surface area (Å²) in [4.78, 5) is 17.0. The summed E-state index contributed by atoms with van der Waals surface area (Å²) in [6, 6.07) is 46.8. The SMILES string of the molecule is CCOCc1nc(C(O)CC)c(C(=O)O)n1Cc1ccc(-c2ccccc2C2(C(c3ccccc3)(c3ccccc3)c3ccccc3)N=NN=N2)cc1.[LiH]. The number of aliphatic hydroxyl groups is 1. The number of hydrogen-bond donors (Lipinski definition) is 2. The van der Waals surface area contributed by atoms with E-state index < -0.39 is 23.2 Å². The molecule has 2 N–H and O–H groups in total. The molecule has 1 atom stereocenters. The fourth-order valence-electron chi connectivity index (χ4n) is 7.47. The van der Waals surface area contributed by atoms with Crippen molar-refractivity contribution in [1.29, 1.82) is 0 Å². The first kappa shape index (κ1) is 38.2. The van der Waals surface area contributed by atoms with Gasteiger partial charge in [-0.05, 0) is 57.2 Å². The fraction of sp³-hybridized carbons (Fsp3) is 0.209. The van der Waals surface area contributed by atoms with Crippen molar-refractivity contribution < 1.29 is 19.7 Å². The molecule has 2 heterocycles. The Balaban J connectivity index is 0.00000497. The minimum absolute atomic E-state index is 0. The molecule has 268 valence electrons. The summed E-state index contributed by atoms with van der Waals surface area (Å²) < 4.78 is 7.26. The Bertz CT molecular complexity index is 2130. The molecule has 0 fully saturated rings. The number of carbonyl (C=O) groups is 1. The van der Waals surface area contributed by atoms with Gasteiger partial charge in [0.2, 0.25) is 5.66 Å². The molecule has 0 saturated heterocycles. The number of hydrogen-bond acceptors (Lipinski definition) is 8. The number of aromatic nitrogens is 2. The van der Waals surface area contributed by atoms with Crippen molar-refractivity contribution >= 4 is 24.8 Å². The summed E-state index contributed by atoms with van der Waals surface area (Å²) in [6.45, 7) is 4.44. The minimum atomic E-state index is -1.34. The number of nitrogens with zero attached hydrogens (tertiary/aromatic N) is 6. The van der Waals surface area contributed by atoms with E-state index in [0.717, 1.165) is 38.9 Å². The number of benzene rings is 5. The third-order valence-electron chi connectivity index (χ3n) is 9.88. The number of aromatic carboxylic acids is 1. The Hall–Kier alpha value is -5.50. The number of rotatable bonds is 14. The second kappa shape index (κ2) is 16.7. The molecule has 0 amide bonds. The van der Waals surface area contributed by atoms with Gasteiger partial charge in [0.15, 0.2) is 5.69 Å². The summed E-state index contributed by atoms with van der Waals surface area (Å²) >= 11 is 0. The van der Waals surface area contributed by atoms with Gasteiger partial charge in [-0.25, -0.2) is 9.78 Å². The van der Waals surface area contributed by atoms with Crippen molar-refractivity contribution in [3.8, 4) is 11.1 Å². The molecule has 5 aromatic carbocycles. The molecule has 1 unspecified atom stereocenters. The third-order valence-corrected chi connectivity index (χ3v) is 9.88. The van der Waals surface area contributed by atoms with E-state index in [-0.39, 0.29) is 43.4 Å². The first-order valence-electron chi connectivity index (χ1n) is 17.7. The zero-order valence-electron chi connectivity index (χ0n) is 29.6. The van der Waals surface area contributed by atoms with E-state index in [1.165, 1.54) is 0 Å². The second-order valence-electron chi connectivity index (χ2n) is 12.9. The molecule has 7 rings (SSSR count). The second-order valence-corrected chi connectivity index (χ2v) is 12.9. The summed E-state index contributed by atoms with van der Waals surface area (Å²) in [6.07, 6.45) is -0.672. The number of ether oxygens (including phenoxy) is 1. The van der Waals surface area contributed by atoms with E-state index in [1.54, 1.807) is 11.5 Å². The van der Waals surface area contributed by atoms with Crippen LogP contribution in [0.4, 0.5) is 0 Å². The van der Waals surface area contributed by atoms with Crippen LogP contribution in [0.1, 0.15) is 76.2 Å². The number of aliphatic hydroxyl groups excluding tert-OH is 1. The summed E-state index contributed by atoms with van der Waals surface area (Å²) in [5.41, 5.74) is 4.18. The molecule has 0 saturated carbocycles. The molecule has 10 nitrogen and oxygen atoms in total. The predicted octanol–water partition coefficient (Wildman–Crippen LogP) is 8.65. The van der Waals surface area contributed by atoms with Crippen LogP contribution >= 0.6 is 0 Å². The summed E-state index contributed by atoms with van der Waals surface area (Å²) in [5, 5.41) is 39.3. The number of carboxylic acids is 1. The Morgan fingerprint density at radius 3 is 1.78 bits per heavy atom. The Labute approximate surface area is 326 Å². The van der Waals surface area contributed by atoms with Crippen molar-refractivity contribution in [1.82, 2.24) is 9.55 Å². The van der Waals surface area contributed by atoms with E-state index in [1.807, 2.05) is 104 Å².